The van der Waals surface area contributed by atoms with Crippen LogP contribution in [0.5, 0.6) is 23.0 Å². The average Bonchev–Trinajstić information content (AvgIpc) is 2.93. The fourth-order valence-corrected chi connectivity index (χ4v) is 5.61. The summed E-state index contributed by atoms with van der Waals surface area (Å²) in [7, 11) is 0. The average molecular weight is 702 g/mol. The lowest BCUT2D eigenvalue weighted by molar-refractivity contribution is 0.0686. The molecule has 0 saturated heterocycles. The van der Waals surface area contributed by atoms with E-state index in [0.29, 0.717) is 0 Å². The Morgan fingerprint density at radius 1 is 0.450 bits per heavy atom. The largest absolute Gasteiger partial charge is 0.478 e. The highest BCUT2D eigenvalue weighted by Gasteiger charge is 2.30. The van der Waals surface area contributed by atoms with Gasteiger partial charge in [0.25, 0.3) is 0 Å². The van der Waals surface area contributed by atoms with E-state index in [0.717, 1.165) is 0 Å². The molecule has 206 valence electrons. The van der Waals surface area contributed by atoms with Crippen molar-refractivity contribution < 1.29 is 29.3 Å². The smallest absolute Gasteiger partial charge is 0.335 e. The highest BCUT2D eigenvalue weighted by atomic mass is 35.5. The van der Waals surface area contributed by atoms with Crippen LogP contribution in [0, 0.1) is 0 Å². The van der Waals surface area contributed by atoms with Crippen LogP contribution in [-0.4, -0.2) is 22.2 Å². The van der Waals surface area contributed by atoms with Crippen LogP contribution in [0.2, 0.25) is 40.2 Å². The molecule has 40 heavy (non-hydrogen) atoms. The minimum atomic E-state index is -1.11. The number of carboxylic acids is 2. The van der Waals surface area contributed by atoms with Crippen LogP contribution in [0.15, 0.2) is 48.5 Å². The molecule has 0 spiro atoms. The molecule has 14 heteroatoms. The molecule has 0 aliphatic carbocycles. The molecule has 6 nitrogen and oxygen atoms in total. The molecule has 0 aliphatic heterocycles. The van der Waals surface area contributed by atoms with E-state index in [4.69, 9.17) is 112 Å². The lowest BCUT2D eigenvalue weighted by Crippen LogP contribution is -1.97. The molecule has 2 N–H and O–H groups in total. The molecule has 4 aromatic rings. The number of carboxylic acid groups (broad SMARTS) is 2. The summed E-state index contributed by atoms with van der Waals surface area (Å²) >= 11 is 52.4. The van der Waals surface area contributed by atoms with Crippen LogP contribution >= 0.6 is 92.8 Å². The monoisotopic (exact) mass is 698 g/mol. The summed E-state index contributed by atoms with van der Waals surface area (Å²) in [5.41, 5.74) is 0.0866. The number of hydrogen-bond donors (Lipinski definition) is 2. The number of aromatic carboxylic acids is 2. The molecule has 0 unspecified atom stereocenters. The first-order chi connectivity index (χ1) is 18.8. The number of rotatable bonds is 7. The van der Waals surface area contributed by atoms with Crippen molar-refractivity contribution in [3.8, 4) is 34.1 Å². The first-order valence-corrected chi connectivity index (χ1v) is 13.6. The Bertz CT molecular complexity index is 1490. The topological polar surface area (TPSA) is 93.1 Å². The predicted molar refractivity (Wildman–Crippen MR) is 159 cm³/mol. The van der Waals surface area contributed by atoms with E-state index in [-0.39, 0.29) is 85.4 Å². The lowest BCUT2D eigenvalue weighted by Gasteiger charge is -2.20. The maximum Gasteiger partial charge on any atom is 0.335 e. The highest BCUT2D eigenvalue weighted by molar-refractivity contribution is 6.55. The fourth-order valence-electron chi connectivity index (χ4n) is 3.41. The summed E-state index contributed by atoms with van der Waals surface area (Å²) < 4.78 is 11.5. The first kappa shape index (κ1) is 30.7. The quantitative estimate of drug-likeness (QED) is 0.186. The predicted octanol–water partition coefficient (Wildman–Crippen LogP) is 11.6. The van der Waals surface area contributed by atoms with Crippen LogP contribution in [0.25, 0.3) is 11.1 Å². The molecule has 0 aliphatic rings. The van der Waals surface area contributed by atoms with Gasteiger partial charge in [-0.3, -0.25) is 0 Å². The van der Waals surface area contributed by atoms with Crippen LogP contribution in [-0.2, 0) is 0 Å². The van der Waals surface area contributed by atoms with E-state index in [1.54, 1.807) is 0 Å². The zero-order valence-corrected chi connectivity index (χ0v) is 25.2. The molecule has 4 aromatic carbocycles. The van der Waals surface area contributed by atoms with E-state index in [1.807, 2.05) is 0 Å². The third-order valence-corrected chi connectivity index (χ3v) is 8.68. The first-order valence-electron chi connectivity index (χ1n) is 10.6. The Morgan fingerprint density at radius 2 is 0.700 bits per heavy atom. The van der Waals surface area contributed by atoms with Crippen molar-refractivity contribution in [3.63, 3.8) is 0 Å². The van der Waals surface area contributed by atoms with Crippen molar-refractivity contribution >= 4 is 105 Å². The van der Waals surface area contributed by atoms with Gasteiger partial charge in [0, 0.05) is 11.1 Å². The van der Waals surface area contributed by atoms with Gasteiger partial charge < -0.3 is 19.7 Å². The molecular formula is C26H10Cl8O6. The second kappa shape index (κ2) is 12.3. The molecule has 0 saturated carbocycles. The minimum Gasteiger partial charge on any atom is -0.478 e. The summed E-state index contributed by atoms with van der Waals surface area (Å²) in [4.78, 5) is 22.2. The van der Waals surface area contributed by atoms with E-state index in [2.05, 4.69) is 0 Å². The summed E-state index contributed by atoms with van der Waals surface area (Å²) in [6.07, 6.45) is 0. The van der Waals surface area contributed by atoms with Gasteiger partial charge in [0.15, 0.2) is 11.5 Å². The van der Waals surface area contributed by atoms with Gasteiger partial charge in [-0.2, -0.15) is 0 Å². The van der Waals surface area contributed by atoms with Gasteiger partial charge in [-0.05, 0) is 48.5 Å². The van der Waals surface area contributed by atoms with Crippen LogP contribution in [0.3, 0.4) is 0 Å². The van der Waals surface area contributed by atoms with Gasteiger partial charge in [-0.1, -0.05) is 92.8 Å². The van der Waals surface area contributed by atoms with Gasteiger partial charge in [0.05, 0.1) is 31.2 Å². The van der Waals surface area contributed by atoms with Gasteiger partial charge in [-0.25, -0.2) is 9.59 Å². The molecule has 0 aromatic heterocycles. The molecule has 0 fully saturated rings. The minimum absolute atomic E-state index is 0.00284. The Balaban J connectivity index is 1.79. The Kier molecular flexibility index (Phi) is 9.45. The van der Waals surface area contributed by atoms with E-state index in [9.17, 15) is 9.59 Å². The summed E-state index contributed by atoms with van der Waals surface area (Å²) in [5, 5.41) is 16.9. The zero-order valence-electron chi connectivity index (χ0n) is 19.2. The van der Waals surface area contributed by atoms with Crippen molar-refractivity contribution in [1.82, 2.24) is 0 Å². The van der Waals surface area contributed by atoms with E-state index >= 15 is 0 Å². The SMILES string of the molecule is O=C(O)c1ccc(Oc2c(Cl)c(Cl)c(-c3c(Cl)c(Cl)c(Oc4ccc(C(=O)O)cc4)c(Cl)c3Cl)c(Cl)c2Cl)cc1. The highest BCUT2D eigenvalue weighted by Crippen LogP contribution is 2.57. The number of hydrogen-bond acceptors (Lipinski definition) is 4. The maximum atomic E-state index is 11.1. The molecule has 0 bridgehead atoms. The van der Waals surface area contributed by atoms with Crippen molar-refractivity contribution in [2.45, 2.75) is 0 Å². The Hall–Kier alpha value is -2.26. The van der Waals surface area contributed by atoms with Crippen molar-refractivity contribution in [2.24, 2.45) is 0 Å². The number of carbonyl (C=O) groups is 2. The van der Waals surface area contributed by atoms with E-state index in [1.165, 1.54) is 48.5 Å². The number of ether oxygens (including phenoxy) is 2. The van der Waals surface area contributed by atoms with Gasteiger partial charge in [0.1, 0.15) is 31.6 Å². The second-order valence-electron chi connectivity index (χ2n) is 7.78. The van der Waals surface area contributed by atoms with E-state index < -0.39 is 11.9 Å². The molecule has 4 rings (SSSR count). The van der Waals surface area contributed by atoms with Crippen molar-refractivity contribution in [3.05, 3.63) is 99.8 Å². The normalized spacial score (nSPS) is 10.9. The number of halogens is 8. The Morgan fingerprint density at radius 3 is 0.925 bits per heavy atom. The Labute approximate surface area is 266 Å². The molecule has 0 amide bonds. The number of benzene rings is 4. The molecule has 0 radical (unpaired) electrons. The lowest BCUT2D eigenvalue weighted by atomic mass is 10.0. The summed E-state index contributed by atoms with van der Waals surface area (Å²) in [6.45, 7) is 0. The van der Waals surface area contributed by atoms with Gasteiger partial charge in [-0.15, -0.1) is 0 Å². The van der Waals surface area contributed by atoms with Crippen molar-refractivity contribution in [2.75, 3.05) is 0 Å². The maximum absolute atomic E-state index is 11.1. The fraction of sp³-hybridized carbons (Fsp3) is 0. The zero-order chi connectivity index (χ0) is 29.5. The molecular weight excluding hydrogens is 692 g/mol. The molecule has 0 heterocycles. The van der Waals surface area contributed by atoms with Gasteiger partial charge in [0.2, 0.25) is 0 Å². The van der Waals surface area contributed by atoms with Crippen molar-refractivity contribution in [1.29, 1.82) is 0 Å². The third-order valence-electron chi connectivity index (χ3n) is 5.34. The summed E-state index contributed by atoms with van der Waals surface area (Å²) in [6, 6.07) is 10.9. The van der Waals surface area contributed by atoms with Crippen LogP contribution in [0.1, 0.15) is 20.7 Å². The molecule has 0 atom stereocenters. The standard InChI is InChI=1S/C26H10Cl8O6/c27-15-13(16(28)20(32)23(19(15)31)39-11-5-1-9(2-6-11)25(35)36)14-17(29)21(33)24(22(34)18(14)30)40-12-7-3-10(4-8-12)26(37)38/h1-8H,(H,35,36)(H,37,38). The van der Waals surface area contributed by atoms with Gasteiger partial charge >= 0.3 is 11.9 Å². The van der Waals surface area contributed by atoms with Crippen LogP contribution in [0.4, 0.5) is 0 Å². The van der Waals surface area contributed by atoms with Crippen LogP contribution < -0.4 is 9.47 Å². The summed E-state index contributed by atoms with van der Waals surface area (Å²) in [5.74, 6) is -2.05. The second-order valence-corrected chi connectivity index (χ2v) is 10.8. The third kappa shape index (κ3) is 5.87.